The van der Waals surface area contributed by atoms with E-state index < -0.39 is 5.54 Å². The van der Waals surface area contributed by atoms with Crippen LogP contribution >= 0.6 is 0 Å². The van der Waals surface area contributed by atoms with Gasteiger partial charge < -0.3 is 19.9 Å². The van der Waals surface area contributed by atoms with Crippen LogP contribution in [0.3, 0.4) is 0 Å². The largest absolute Gasteiger partial charge is 0.496 e. The van der Waals surface area contributed by atoms with E-state index >= 15 is 0 Å². The van der Waals surface area contributed by atoms with E-state index in [0.717, 1.165) is 29.1 Å². The van der Waals surface area contributed by atoms with Crippen molar-refractivity contribution in [1.82, 2.24) is 19.7 Å². The van der Waals surface area contributed by atoms with E-state index in [0.29, 0.717) is 26.1 Å². The second kappa shape index (κ2) is 5.06. The topological polar surface area (TPSA) is 86.3 Å². The van der Waals surface area contributed by atoms with E-state index in [1.807, 2.05) is 22.8 Å². The van der Waals surface area contributed by atoms with Gasteiger partial charge in [-0.15, -0.1) is 10.2 Å². The quantitative estimate of drug-likeness (QED) is 0.869. The molecule has 0 saturated carbocycles. The van der Waals surface area contributed by atoms with Gasteiger partial charge in [0.2, 0.25) is 5.91 Å². The van der Waals surface area contributed by atoms with Crippen molar-refractivity contribution in [3.8, 4) is 5.75 Å². The van der Waals surface area contributed by atoms with Gasteiger partial charge in [-0.25, -0.2) is 0 Å². The summed E-state index contributed by atoms with van der Waals surface area (Å²) in [4.78, 5) is 14.9. The second-order valence-corrected chi connectivity index (χ2v) is 6.13. The Morgan fingerprint density at radius 2 is 2.26 bits per heavy atom. The molecule has 1 aromatic carbocycles. The van der Waals surface area contributed by atoms with Crippen LogP contribution in [0.2, 0.25) is 0 Å². The lowest BCUT2D eigenvalue weighted by molar-refractivity contribution is -0.139. The Bertz CT molecular complexity index is 772. The van der Waals surface area contributed by atoms with Crippen LogP contribution in [0, 0.1) is 0 Å². The number of nitrogens with zero attached hydrogens (tertiary/aromatic N) is 4. The van der Waals surface area contributed by atoms with Crippen LogP contribution in [0.1, 0.15) is 23.4 Å². The fourth-order valence-electron chi connectivity index (χ4n) is 3.63. The number of hydrogen-bond acceptors (Lipinski definition) is 5. The molecule has 1 aliphatic heterocycles. The number of fused-ring (bicyclic) bond motifs is 2. The molecule has 2 N–H and O–H groups in total. The summed E-state index contributed by atoms with van der Waals surface area (Å²) in [6, 6.07) is 5.75. The molecule has 0 radical (unpaired) electrons. The minimum atomic E-state index is -0.980. The van der Waals surface area contributed by atoms with Gasteiger partial charge in [0.25, 0.3) is 0 Å². The first-order chi connectivity index (χ1) is 11.1. The van der Waals surface area contributed by atoms with Gasteiger partial charge in [0, 0.05) is 13.1 Å². The van der Waals surface area contributed by atoms with E-state index in [1.54, 1.807) is 18.3 Å². The van der Waals surface area contributed by atoms with Crippen molar-refractivity contribution < 1.29 is 9.53 Å². The average molecular weight is 313 g/mol. The summed E-state index contributed by atoms with van der Waals surface area (Å²) in [7, 11) is 1.64. The molecule has 1 atom stereocenters. The first kappa shape index (κ1) is 14.2. The van der Waals surface area contributed by atoms with E-state index in [9.17, 15) is 4.79 Å². The summed E-state index contributed by atoms with van der Waals surface area (Å²) in [5.74, 6) is 1.57. The van der Waals surface area contributed by atoms with E-state index in [2.05, 4.69) is 10.2 Å². The lowest BCUT2D eigenvalue weighted by atomic mass is 9.91. The van der Waals surface area contributed by atoms with Gasteiger partial charge in [0.15, 0.2) is 5.82 Å². The van der Waals surface area contributed by atoms with Gasteiger partial charge in [-0.2, -0.15) is 0 Å². The van der Waals surface area contributed by atoms with Crippen LogP contribution in [0.4, 0.5) is 0 Å². The molecular weight excluding hydrogens is 294 g/mol. The molecular formula is C16H19N5O2. The minimum Gasteiger partial charge on any atom is -0.496 e. The fourth-order valence-corrected chi connectivity index (χ4v) is 3.63. The maximum absolute atomic E-state index is 13.1. The van der Waals surface area contributed by atoms with Gasteiger partial charge in [-0.05, 0) is 30.0 Å². The summed E-state index contributed by atoms with van der Waals surface area (Å²) in [6.07, 6.45) is 3.06. The van der Waals surface area contributed by atoms with Crippen molar-refractivity contribution in [3.63, 3.8) is 0 Å². The summed E-state index contributed by atoms with van der Waals surface area (Å²) in [6.45, 7) is 1.79. The highest BCUT2D eigenvalue weighted by molar-refractivity contribution is 5.89. The summed E-state index contributed by atoms with van der Waals surface area (Å²) in [5, 5.41) is 7.97. The third kappa shape index (κ3) is 2.03. The Labute approximate surface area is 134 Å². The molecule has 0 bridgehead atoms. The van der Waals surface area contributed by atoms with Gasteiger partial charge >= 0.3 is 0 Å². The van der Waals surface area contributed by atoms with Crippen molar-refractivity contribution in [3.05, 3.63) is 41.5 Å². The lowest BCUT2D eigenvalue weighted by Gasteiger charge is -2.34. The smallest absolute Gasteiger partial charge is 0.247 e. The first-order valence-electron chi connectivity index (χ1n) is 7.75. The molecule has 2 heterocycles. The number of carbonyl (C=O) groups is 1. The standard InChI is InChI=1S/C16H19N5O2/c1-23-13-4-2-3-12-11(13)5-6-16(12,17)15(22)20-7-8-21-10-18-19-14(21)9-20/h2-4,10H,5-9,17H2,1H3. The average Bonchev–Trinajstić information content (AvgIpc) is 3.19. The molecule has 23 heavy (non-hydrogen) atoms. The molecule has 4 rings (SSSR count). The first-order valence-corrected chi connectivity index (χ1v) is 7.75. The van der Waals surface area contributed by atoms with Gasteiger partial charge in [0.05, 0.1) is 13.7 Å². The number of nitrogens with two attached hydrogens (primary N) is 1. The Hall–Kier alpha value is -2.41. The maximum atomic E-state index is 13.1. The predicted molar refractivity (Wildman–Crippen MR) is 82.6 cm³/mol. The third-order valence-corrected chi connectivity index (χ3v) is 4.91. The van der Waals surface area contributed by atoms with Crippen LogP contribution in [0.15, 0.2) is 24.5 Å². The summed E-state index contributed by atoms with van der Waals surface area (Å²) >= 11 is 0. The predicted octanol–water partition coefficient (Wildman–Crippen LogP) is 0.429. The SMILES string of the molecule is COc1cccc2c1CCC2(N)C(=O)N1CCn2cnnc2C1. The molecule has 0 fully saturated rings. The molecule has 2 aromatic rings. The monoisotopic (exact) mass is 313 g/mol. The van der Waals surface area contributed by atoms with Crippen LogP contribution in [-0.2, 0) is 29.8 Å². The van der Waals surface area contributed by atoms with Crippen molar-refractivity contribution >= 4 is 5.91 Å². The Kier molecular flexibility index (Phi) is 3.12. The maximum Gasteiger partial charge on any atom is 0.247 e. The van der Waals surface area contributed by atoms with Crippen molar-refractivity contribution in [2.24, 2.45) is 5.73 Å². The molecule has 7 heteroatoms. The van der Waals surface area contributed by atoms with Crippen LogP contribution in [0.5, 0.6) is 5.75 Å². The second-order valence-electron chi connectivity index (χ2n) is 6.13. The van der Waals surface area contributed by atoms with Gasteiger partial charge in [-0.1, -0.05) is 12.1 Å². The molecule has 1 amide bonds. The molecule has 0 spiro atoms. The number of ether oxygens (including phenoxy) is 1. The van der Waals surface area contributed by atoms with Crippen LogP contribution in [-0.4, -0.2) is 39.2 Å². The van der Waals surface area contributed by atoms with Gasteiger partial charge in [-0.3, -0.25) is 4.79 Å². The molecule has 1 unspecified atom stereocenters. The zero-order chi connectivity index (χ0) is 16.0. The zero-order valence-corrected chi connectivity index (χ0v) is 13.0. The number of carbonyl (C=O) groups excluding carboxylic acids is 1. The highest BCUT2D eigenvalue weighted by Crippen LogP contribution is 2.41. The summed E-state index contributed by atoms with van der Waals surface area (Å²) in [5.41, 5.74) is 7.52. The van der Waals surface area contributed by atoms with E-state index in [4.69, 9.17) is 10.5 Å². The molecule has 120 valence electrons. The van der Waals surface area contributed by atoms with Crippen molar-refractivity contribution in [2.75, 3.05) is 13.7 Å². The Morgan fingerprint density at radius 3 is 3.09 bits per heavy atom. The number of amides is 1. The Balaban J connectivity index is 1.66. The normalized spacial score (nSPS) is 22.6. The number of rotatable bonds is 2. The number of methoxy groups -OCH3 is 1. The van der Waals surface area contributed by atoms with E-state index in [-0.39, 0.29) is 5.91 Å². The molecule has 1 aliphatic carbocycles. The highest BCUT2D eigenvalue weighted by Gasteiger charge is 2.45. The number of aromatic nitrogens is 3. The fraction of sp³-hybridized carbons (Fsp3) is 0.438. The highest BCUT2D eigenvalue weighted by atomic mass is 16.5. The third-order valence-electron chi connectivity index (χ3n) is 4.91. The minimum absolute atomic E-state index is 0.0428. The molecule has 7 nitrogen and oxygen atoms in total. The van der Waals surface area contributed by atoms with Crippen molar-refractivity contribution in [1.29, 1.82) is 0 Å². The molecule has 0 saturated heterocycles. The van der Waals surface area contributed by atoms with Crippen LogP contribution < -0.4 is 10.5 Å². The molecule has 2 aliphatic rings. The van der Waals surface area contributed by atoms with Gasteiger partial charge in [0.1, 0.15) is 17.6 Å². The Morgan fingerprint density at radius 1 is 1.39 bits per heavy atom. The van der Waals surface area contributed by atoms with Crippen molar-refractivity contribution in [2.45, 2.75) is 31.5 Å². The number of hydrogen-bond donors (Lipinski definition) is 1. The van der Waals surface area contributed by atoms with Crippen LogP contribution in [0.25, 0.3) is 0 Å². The number of benzene rings is 1. The lowest BCUT2D eigenvalue weighted by Crippen LogP contribution is -2.53. The summed E-state index contributed by atoms with van der Waals surface area (Å²) < 4.78 is 7.38. The van der Waals surface area contributed by atoms with E-state index in [1.165, 1.54) is 0 Å². The molecule has 1 aromatic heterocycles. The zero-order valence-electron chi connectivity index (χ0n) is 13.0.